The third-order valence-corrected chi connectivity index (χ3v) is 6.60. The van der Waals surface area contributed by atoms with Crippen LogP contribution in [0.25, 0.3) is 0 Å². The van der Waals surface area contributed by atoms with Crippen LogP contribution in [-0.2, 0) is 11.2 Å². The van der Waals surface area contributed by atoms with Gasteiger partial charge in [-0.3, -0.25) is 9.59 Å². The van der Waals surface area contributed by atoms with E-state index in [2.05, 4.69) is 10.6 Å². The topological polar surface area (TPSA) is 81.8 Å². The molecule has 0 saturated carbocycles. The minimum Gasteiger partial charge on any atom is -0.331 e. The van der Waals surface area contributed by atoms with Gasteiger partial charge in [0, 0.05) is 42.1 Å². The van der Waals surface area contributed by atoms with Crippen LogP contribution >= 0.6 is 0 Å². The Labute approximate surface area is 204 Å². The Hall–Kier alpha value is -4.13. The van der Waals surface area contributed by atoms with Gasteiger partial charge in [0.2, 0.25) is 5.91 Å². The van der Waals surface area contributed by atoms with E-state index in [1.807, 2.05) is 55.5 Å². The first-order chi connectivity index (χ1) is 17.0. The maximum absolute atomic E-state index is 13.1. The van der Waals surface area contributed by atoms with Gasteiger partial charge in [-0.25, -0.2) is 4.79 Å². The van der Waals surface area contributed by atoms with E-state index in [-0.39, 0.29) is 23.9 Å². The van der Waals surface area contributed by atoms with Gasteiger partial charge in [-0.15, -0.1) is 0 Å². The Bertz CT molecular complexity index is 1290. The molecule has 1 fully saturated rings. The molecule has 7 heteroatoms. The Morgan fingerprint density at radius 3 is 2.57 bits per heavy atom. The lowest BCUT2D eigenvalue weighted by Gasteiger charge is -2.20. The monoisotopic (exact) mass is 468 g/mol. The van der Waals surface area contributed by atoms with Gasteiger partial charge >= 0.3 is 6.03 Å². The average molecular weight is 469 g/mol. The molecular weight excluding hydrogens is 440 g/mol. The highest BCUT2D eigenvalue weighted by Crippen LogP contribution is 2.29. The number of urea groups is 1. The largest absolute Gasteiger partial charge is 0.331 e. The van der Waals surface area contributed by atoms with Crippen molar-refractivity contribution in [1.82, 2.24) is 5.32 Å². The molecule has 7 nitrogen and oxygen atoms in total. The first-order valence-corrected chi connectivity index (χ1v) is 12.0. The third-order valence-electron chi connectivity index (χ3n) is 6.60. The van der Waals surface area contributed by atoms with Crippen LogP contribution in [0, 0.1) is 0 Å². The van der Waals surface area contributed by atoms with Crippen LogP contribution in [0.2, 0.25) is 0 Å². The van der Waals surface area contributed by atoms with E-state index in [1.165, 1.54) is 5.56 Å². The number of hydrogen-bond acceptors (Lipinski definition) is 3. The second kappa shape index (κ2) is 9.62. The van der Waals surface area contributed by atoms with E-state index in [0.717, 1.165) is 36.3 Å². The number of anilines is 3. The van der Waals surface area contributed by atoms with Crippen LogP contribution in [-0.4, -0.2) is 30.9 Å². The molecule has 1 saturated heterocycles. The zero-order valence-electron chi connectivity index (χ0n) is 19.7. The number of carbonyl (C=O) groups excluding carboxylic acids is 3. The van der Waals surface area contributed by atoms with Crippen LogP contribution in [0.5, 0.6) is 0 Å². The van der Waals surface area contributed by atoms with Crippen molar-refractivity contribution in [1.29, 1.82) is 0 Å². The number of carbonyl (C=O) groups is 3. The summed E-state index contributed by atoms with van der Waals surface area (Å²) in [4.78, 5) is 41.5. The second-order valence-corrected chi connectivity index (χ2v) is 8.98. The summed E-state index contributed by atoms with van der Waals surface area (Å²) in [5.41, 5.74) is 4.95. The molecule has 3 aromatic carbocycles. The standard InChI is InChI=1S/C28H28N4O3/c1-19(21-8-5-11-24(18-21)31-15-6-13-26(31)33)29-28(35)30-23-10-4-9-22(17-23)27(34)32-16-14-20-7-2-3-12-25(20)32/h2-5,7-12,17-19H,6,13-16H2,1H3,(H2,29,30,35). The predicted octanol–water partition coefficient (Wildman–Crippen LogP) is 4.90. The molecule has 4 amide bonds. The third kappa shape index (κ3) is 4.75. The summed E-state index contributed by atoms with van der Waals surface area (Å²) in [6, 6.07) is 22.0. The molecule has 2 N–H and O–H groups in total. The van der Waals surface area contributed by atoms with Gasteiger partial charge in [-0.05, 0) is 67.3 Å². The van der Waals surface area contributed by atoms with E-state index in [9.17, 15) is 14.4 Å². The fraction of sp³-hybridized carbons (Fsp3) is 0.250. The molecule has 2 heterocycles. The highest BCUT2D eigenvalue weighted by Gasteiger charge is 2.25. The smallest absolute Gasteiger partial charge is 0.319 e. The van der Waals surface area contributed by atoms with Crippen molar-refractivity contribution in [2.75, 3.05) is 28.2 Å². The number of hydrogen-bond donors (Lipinski definition) is 2. The number of nitrogens with one attached hydrogen (secondary N) is 2. The predicted molar refractivity (Wildman–Crippen MR) is 137 cm³/mol. The van der Waals surface area contributed by atoms with Gasteiger partial charge in [-0.2, -0.15) is 0 Å². The highest BCUT2D eigenvalue weighted by atomic mass is 16.2. The van der Waals surface area contributed by atoms with Crippen molar-refractivity contribution < 1.29 is 14.4 Å². The lowest BCUT2D eigenvalue weighted by atomic mass is 10.1. The van der Waals surface area contributed by atoms with Crippen LogP contribution in [0.15, 0.2) is 72.8 Å². The van der Waals surface area contributed by atoms with Gasteiger partial charge in [0.1, 0.15) is 0 Å². The molecule has 0 bridgehead atoms. The summed E-state index contributed by atoms with van der Waals surface area (Å²) >= 11 is 0. The molecule has 35 heavy (non-hydrogen) atoms. The Morgan fingerprint density at radius 1 is 0.914 bits per heavy atom. The molecule has 2 aliphatic rings. The fourth-order valence-corrected chi connectivity index (χ4v) is 4.77. The number of nitrogens with zero attached hydrogens (tertiary/aromatic N) is 2. The molecular formula is C28H28N4O3. The summed E-state index contributed by atoms with van der Waals surface area (Å²) in [7, 11) is 0. The molecule has 0 aliphatic carbocycles. The van der Waals surface area contributed by atoms with Crippen molar-refractivity contribution >= 4 is 34.9 Å². The van der Waals surface area contributed by atoms with Gasteiger partial charge in [-0.1, -0.05) is 36.4 Å². The van der Waals surface area contributed by atoms with Gasteiger partial charge < -0.3 is 20.4 Å². The Balaban J connectivity index is 1.24. The molecule has 1 unspecified atom stereocenters. The molecule has 5 rings (SSSR count). The van der Waals surface area contributed by atoms with E-state index in [0.29, 0.717) is 24.2 Å². The number of benzene rings is 3. The number of amides is 4. The molecule has 178 valence electrons. The number of para-hydroxylation sites is 1. The zero-order valence-corrected chi connectivity index (χ0v) is 19.7. The first-order valence-electron chi connectivity index (χ1n) is 12.0. The number of rotatable bonds is 5. The lowest BCUT2D eigenvalue weighted by Crippen LogP contribution is -2.32. The lowest BCUT2D eigenvalue weighted by molar-refractivity contribution is -0.117. The van der Waals surface area contributed by atoms with Crippen molar-refractivity contribution in [3.05, 3.63) is 89.5 Å². The van der Waals surface area contributed by atoms with E-state index in [1.54, 1.807) is 34.1 Å². The molecule has 2 aliphatic heterocycles. The molecule has 1 atom stereocenters. The fourth-order valence-electron chi connectivity index (χ4n) is 4.77. The number of fused-ring (bicyclic) bond motifs is 1. The average Bonchev–Trinajstić information content (AvgIpc) is 3.50. The SMILES string of the molecule is CC(NC(=O)Nc1cccc(C(=O)N2CCc3ccccc32)c1)c1cccc(N2CCCC2=O)c1. The summed E-state index contributed by atoms with van der Waals surface area (Å²) in [5.74, 6) is 0.0491. The van der Waals surface area contributed by atoms with Crippen molar-refractivity contribution in [3.63, 3.8) is 0 Å². The van der Waals surface area contributed by atoms with Crippen LogP contribution in [0.1, 0.15) is 47.3 Å². The molecule has 0 aromatic heterocycles. The van der Waals surface area contributed by atoms with E-state index in [4.69, 9.17) is 0 Å². The van der Waals surface area contributed by atoms with Crippen LogP contribution < -0.4 is 20.4 Å². The van der Waals surface area contributed by atoms with Crippen molar-refractivity contribution in [3.8, 4) is 0 Å². The normalized spacial score (nSPS) is 15.6. The van der Waals surface area contributed by atoms with Crippen molar-refractivity contribution in [2.24, 2.45) is 0 Å². The quantitative estimate of drug-likeness (QED) is 0.559. The summed E-state index contributed by atoms with van der Waals surface area (Å²) in [5, 5.41) is 5.78. The highest BCUT2D eigenvalue weighted by molar-refractivity contribution is 6.08. The van der Waals surface area contributed by atoms with Gasteiger partial charge in [0.25, 0.3) is 5.91 Å². The maximum Gasteiger partial charge on any atom is 0.319 e. The van der Waals surface area contributed by atoms with E-state index >= 15 is 0 Å². The minimum absolute atomic E-state index is 0.0827. The summed E-state index contributed by atoms with van der Waals surface area (Å²) in [6.45, 7) is 3.27. The first kappa shape index (κ1) is 22.7. The molecule has 3 aromatic rings. The van der Waals surface area contributed by atoms with Gasteiger partial charge in [0.05, 0.1) is 6.04 Å². The molecule has 0 spiro atoms. The van der Waals surface area contributed by atoms with Crippen LogP contribution in [0.4, 0.5) is 21.9 Å². The Kier molecular flexibility index (Phi) is 6.23. The second-order valence-electron chi connectivity index (χ2n) is 8.98. The Morgan fingerprint density at radius 2 is 1.74 bits per heavy atom. The van der Waals surface area contributed by atoms with Crippen molar-refractivity contribution in [2.45, 2.75) is 32.2 Å². The van der Waals surface area contributed by atoms with Crippen LogP contribution in [0.3, 0.4) is 0 Å². The molecule has 0 radical (unpaired) electrons. The minimum atomic E-state index is -0.365. The zero-order chi connectivity index (χ0) is 24.4. The summed E-state index contributed by atoms with van der Waals surface area (Å²) in [6.07, 6.45) is 2.28. The summed E-state index contributed by atoms with van der Waals surface area (Å²) < 4.78 is 0. The maximum atomic E-state index is 13.1. The van der Waals surface area contributed by atoms with Gasteiger partial charge in [0.15, 0.2) is 0 Å². The van der Waals surface area contributed by atoms with E-state index < -0.39 is 0 Å².